The molecule has 104 valence electrons. The Kier molecular flexibility index (Phi) is 4.49. The van der Waals surface area contributed by atoms with Crippen molar-refractivity contribution >= 4 is 5.97 Å². The normalized spacial score (nSPS) is 18.9. The van der Waals surface area contributed by atoms with Crippen molar-refractivity contribution in [2.45, 2.75) is 18.7 Å². The Morgan fingerprint density at radius 1 is 1.30 bits per heavy atom. The van der Waals surface area contributed by atoms with E-state index in [-0.39, 0.29) is 12.2 Å². The van der Waals surface area contributed by atoms with Gasteiger partial charge in [0.05, 0.1) is 12.7 Å². The number of azo groups is 1. The van der Waals surface area contributed by atoms with Gasteiger partial charge in [-0.05, 0) is 29.8 Å². The first-order valence-electron chi connectivity index (χ1n) is 6.04. The van der Waals surface area contributed by atoms with Gasteiger partial charge in [-0.2, -0.15) is 5.11 Å². The smallest absolute Gasteiger partial charge is 0.305 e. The number of aliphatic carboxylic acids is 1. The fraction of sp³-hybridized carbons (Fsp3) is 0.214. The molecule has 0 fully saturated rings. The Bertz CT molecular complexity index is 549. The van der Waals surface area contributed by atoms with Crippen LogP contribution in [0.1, 0.15) is 18.0 Å². The number of carboxylic acids is 1. The summed E-state index contributed by atoms with van der Waals surface area (Å²) in [6.45, 7) is 0. The van der Waals surface area contributed by atoms with E-state index in [1.807, 2.05) is 0 Å². The highest BCUT2D eigenvalue weighted by molar-refractivity contribution is 5.68. The van der Waals surface area contributed by atoms with Gasteiger partial charge in [-0.3, -0.25) is 4.79 Å². The Morgan fingerprint density at radius 2 is 2.05 bits per heavy atom. The summed E-state index contributed by atoms with van der Waals surface area (Å²) >= 11 is 0. The predicted molar refractivity (Wildman–Crippen MR) is 71.1 cm³/mol. The molecule has 0 bridgehead atoms. The van der Waals surface area contributed by atoms with Gasteiger partial charge in [-0.15, -0.1) is 5.11 Å². The summed E-state index contributed by atoms with van der Waals surface area (Å²) in [6, 6.07) is 5.61. The minimum absolute atomic E-state index is 0.114. The lowest BCUT2D eigenvalue weighted by Crippen LogP contribution is -2.07. The third-order valence-corrected chi connectivity index (χ3v) is 2.65. The Labute approximate surface area is 115 Å². The van der Waals surface area contributed by atoms with E-state index in [1.54, 1.807) is 30.4 Å². The van der Waals surface area contributed by atoms with Crippen molar-refractivity contribution in [2.75, 3.05) is 0 Å². The van der Waals surface area contributed by atoms with E-state index in [0.29, 0.717) is 5.56 Å². The highest BCUT2D eigenvalue weighted by Gasteiger charge is 2.16. The molecule has 0 amide bonds. The van der Waals surface area contributed by atoms with Crippen molar-refractivity contribution in [2.24, 2.45) is 10.2 Å². The van der Waals surface area contributed by atoms with Crippen LogP contribution in [0.5, 0.6) is 5.75 Å². The number of hydrogen-bond acceptors (Lipinski definition) is 5. The standard InChI is InChI=1S/C14H14N2O4/c17-11-6-4-10(5-7-11)12(9-14(18)19)15-16-13-3-1-2-8-20-13/h1-8,12-13,17H,9H2,(H,18,19). The van der Waals surface area contributed by atoms with Crippen LogP contribution in [0.25, 0.3) is 0 Å². The molecule has 6 heteroatoms. The first kappa shape index (κ1) is 13.8. The number of rotatable bonds is 5. The molecular formula is C14H14N2O4. The van der Waals surface area contributed by atoms with Gasteiger partial charge in [0.25, 0.3) is 0 Å². The van der Waals surface area contributed by atoms with Gasteiger partial charge >= 0.3 is 5.97 Å². The monoisotopic (exact) mass is 274 g/mol. The summed E-state index contributed by atoms with van der Waals surface area (Å²) in [5.74, 6) is -0.856. The molecule has 6 nitrogen and oxygen atoms in total. The Hall–Kier alpha value is -2.63. The first-order chi connectivity index (χ1) is 9.65. The highest BCUT2D eigenvalue weighted by Crippen LogP contribution is 2.24. The lowest BCUT2D eigenvalue weighted by molar-refractivity contribution is -0.137. The molecule has 1 aromatic rings. The van der Waals surface area contributed by atoms with Gasteiger partial charge in [0.15, 0.2) is 0 Å². The Balaban J connectivity index is 2.12. The molecule has 0 aromatic heterocycles. The molecule has 2 N–H and O–H groups in total. The van der Waals surface area contributed by atoms with Crippen LogP contribution < -0.4 is 0 Å². The molecular weight excluding hydrogens is 260 g/mol. The van der Waals surface area contributed by atoms with Crippen molar-refractivity contribution in [1.29, 1.82) is 0 Å². The maximum atomic E-state index is 10.9. The number of hydrogen-bond donors (Lipinski definition) is 2. The lowest BCUT2D eigenvalue weighted by Gasteiger charge is -2.12. The van der Waals surface area contributed by atoms with Crippen LogP contribution in [-0.4, -0.2) is 22.4 Å². The third kappa shape index (κ3) is 3.94. The Morgan fingerprint density at radius 3 is 2.65 bits per heavy atom. The fourth-order valence-corrected chi connectivity index (χ4v) is 1.67. The molecule has 1 aliphatic heterocycles. The zero-order chi connectivity index (χ0) is 14.4. The van der Waals surface area contributed by atoms with Gasteiger partial charge in [0.2, 0.25) is 6.23 Å². The predicted octanol–water partition coefficient (Wildman–Crippen LogP) is 2.79. The second kappa shape index (κ2) is 6.51. The number of allylic oxidation sites excluding steroid dienone is 2. The zero-order valence-corrected chi connectivity index (χ0v) is 10.6. The van der Waals surface area contributed by atoms with Gasteiger partial charge in [-0.25, -0.2) is 0 Å². The van der Waals surface area contributed by atoms with Crippen molar-refractivity contribution in [3.63, 3.8) is 0 Å². The zero-order valence-electron chi connectivity index (χ0n) is 10.6. The minimum atomic E-state index is -0.970. The number of carbonyl (C=O) groups is 1. The molecule has 0 aliphatic carbocycles. The molecule has 0 saturated carbocycles. The second-order valence-corrected chi connectivity index (χ2v) is 4.18. The SMILES string of the molecule is O=C(O)CC(N=NC1C=CC=CO1)c1ccc(O)cc1. The van der Waals surface area contributed by atoms with Crippen LogP contribution in [0.4, 0.5) is 0 Å². The highest BCUT2D eigenvalue weighted by atomic mass is 16.5. The van der Waals surface area contributed by atoms with Crippen molar-refractivity contribution in [3.05, 3.63) is 54.3 Å². The molecule has 1 heterocycles. The number of nitrogens with zero attached hydrogens (tertiary/aromatic N) is 2. The van der Waals surface area contributed by atoms with Crippen LogP contribution in [0, 0.1) is 0 Å². The molecule has 2 atom stereocenters. The van der Waals surface area contributed by atoms with E-state index < -0.39 is 18.2 Å². The van der Waals surface area contributed by atoms with Crippen molar-refractivity contribution in [1.82, 2.24) is 0 Å². The largest absolute Gasteiger partial charge is 0.508 e. The molecule has 1 aliphatic rings. The number of ether oxygens (including phenoxy) is 1. The van der Waals surface area contributed by atoms with Crippen molar-refractivity contribution < 1.29 is 19.7 Å². The molecule has 2 rings (SSSR count). The van der Waals surface area contributed by atoms with E-state index >= 15 is 0 Å². The summed E-state index contributed by atoms with van der Waals surface area (Å²) in [6.07, 6.45) is 5.99. The maximum absolute atomic E-state index is 10.9. The second-order valence-electron chi connectivity index (χ2n) is 4.18. The number of benzene rings is 1. The summed E-state index contributed by atoms with van der Waals surface area (Å²) in [4.78, 5) is 10.9. The number of phenols is 1. The minimum Gasteiger partial charge on any atom is -0.508 e. The van der Waals surface area contributed by atoms with Crippen LogP contribution in [0.3, 0.4) is 0 Å². The van der Waals surface area contributed by atoms with Gasteiger partial charge in [0, 0.05) is 0 Å². The van der Waals surface area contributed by atoms with Gasteiger partial charge < -0.3 is 14.9 Å². The van der Waals surface area contributed by atoms with Gasteiger partial charge in [-0.1, -0.05) is 18.2 Å². The molecule has 0 spiro atoms. The third-order valence-electron chi connectivity index (χ3n) is 2.65. The fourth-order valence-electron chi connectivity index (χ4n) is 1.67. The summed E-state index contributed by atoms with van der Waals surface area (Å²) < 4.78 is 5.17. The summed E-state index contributed by atoms with van der Waals surface area (Å²) in [5.41, 5.74) is 0.671. The molecule has 0 radical (unpaired) electrons. The maximum Gasteiger partial charge on any atom is 0.305 e. The lowest BCUT2D eigenvalue weighted by atomic mass is 10.0. The number of carboxylic acid groups (broad SMARTS) is 1. The van der Waals surface area contributed by atoms with E-state index in [9.17, 15) is 9.90 Å². The van der Waals surface area contributed by atoms with E-state index in [0.717, 1.165) is 0 Å². The van der Waals surface area contributed by atoms with E-state index in [4.69, 9.17) is 9.84 Å². The summed E-state index contributed by atoms with van der Waals surface area (Å²) in [7, 11) is 0. The van der Waals surface area contributed by atoms with Crippen LogP contribution in [0.15, 0.2) is 59.0 Å². The summed E-state index contributed by atoms with van der Waals surface area (Å²) in [5, 5.41) is 26.2. The van der Waals surface area contributed by atoms with Crippen LogP contribution in [-0.2, 0) is 9.53 Å². The number of aromatic hydroxyl groups is 1. The van der Waals surface area contributed by atoms with Crippen LogP contribution in [0.2, 0.25) is 0 Å². The van der Waals surface area contributed by atoms with E-state index in [2.05, 4.69) is 10.2 Å². The van der Waals surface area contributed by atoms with Crippen molar-refractivity contribution in [3.8, 4) is 5.75 Å². The van der Waals surface area contributed by atoms with E-state index in [1.165, 1.54) is 18.4 Å². The molecule has 0 saturated heterocycles. The van der Waals surface area contributed by atoms with Crippen LogP contribution >= 0.6 is 0 Å². The first-order valence-corrected chi connectivity index (χ1v) is 6.04. The average Bonchev–Trinajstić information content (AvgIpc) is 2.45. The molecule has 2 unspecified atom stereocenters. The molecule has 20 heavy (non-hydrogen) atoms. The molecule has 1 aromatic carbocycles. The van der Waals surface area contributed by atoms with Gasteiger partial charge in [0.1, 0.15) is 11.8 Å². The number of phenolic OH excluding ortho intramolecular Hbond substituents is 1. The topological polar surface area (TPSA) is 91.5 Å². The quantitative estimate of drug-likeness (QED) is 0.807. The average molecular weight is 274 g/mol.